The van der Waals surface area contributed by atoms with Crippen molar-refractivity contribution in [2.45, 2.75) is 26.0 Å². The van der Waals surface area contributed by atoms with Gasteiger partial charge in [-0.2, -0.15) is 0 Å². The number of rotatable bonds is 10. The maximum atomic E-state index is 6.71. The number of fused-ring (bicyclic) bond motifs is 37. The van der Waals surface area contributed by atoms with E-state index in [1.54, 1.807) is 0 Å². The highest BCUT2D eigenvalue weighted by molar-refractivity contribution is 7.99. The van der Waals surface area contributed by atoms with Crippen LogP contribution in [0.4, 0.5) is 34.1 Å². The van der Waals surface area contributed by atoms with E-state index in [0.717, 1.165) is 146 Å². The van der Waals surface area contributed by atoms with Crippen LogP contribution in [0.25, 0.3) is 153 Å². The van der Waals surface area contributed by atoms with Crippen molar-refractivity contribution in [1.29, 1.82) is 0 Å². The minimum absolute atomic E-state index is 0.417. The normalized spacial score (nSPS) is 13.5. The third-order valence-electron chi connectivity index (χ3n) is 31.4. The highest BCUT2D eigenvalue weighted by Crippen LogP contribution is 2.67. The number of furan rings is 2. The molecule has 0 radical (unpaired) electrons. The lowest BCUT2D eigenvalue weighted by molar-refractivity contribution is 0.436. The largest absolute Gasteiger partial charge is 0.457 e. The summed E-state index contributed by atoms with van der Waals surface area (Å²) < 4.78 is 28.4. The van der Waals surface area contributed by atoms with Crippen LogP contribution < -0.4 is 25.4 Å². The van der Waals surface area contributed by atoms with E-state index in [1.165, 1.54) is 141 Å². The van der Waals surface area contributed by atoms with E-state index >= 15 is 0 Å². The van der Waals surface area contributed by atoms with Gasteiger partial charge in [0.25, 0.3) is 0 Å². The Morgan fingerprint density at radius 3 is 1.28 bits per heavy atom. The molecule has 32 rings (SSSR count). The first kappa shape index (κ1) is 85.1. The number of hydrogen-bond acceptors (Lipinski definition) is 9. The molecule has 0 amide bonds. The average Bonchev–Trinajstić information content (AvgIpc) is 1.52. The number of nitrogens with one attached hydrogen (secondary N) is 3. The quantitative estimate of drug-likeness (QED) is 0.125. The summed E-state index contributed by atoms with van der Waals surface area (Å²) >= 11 is 3.75. The summed E-state index contributed by atoms with van der Waals surface area (Å²) in [5.74, 6) is 3.56. The van der Waals surface area contributed by atoms with Crippen LogP contribution in [0.15, 0.2) is 528 Å². The molecule has 23 aromatic carbocycles. The first-order chi connectivity index (χ1) is 73.3. The molecule has 0 saturated heterocycles. The van der Waals surface area contributed by atoms with E-state index < -0.39 is 16.2 Å². The van der Waals surface area contributed by atoms with Gasteiger partial charge in [-0.1, -0.05) is 388 Å². The zero-order valence-electron chi connectivity index (χ0n) is 79.9. The van der Waals surface area contributed by atoms with Crippen LogP contribution in [-0.4, -0.2) is 0 Å². The van der Waals surface area contributed by atoms with Crippen molar-refractivity contribution in [2.75, 3.05) is 16.0 Å². The number of ether oxygens (including phenoxy) is 2. The van der Waals surface area contributed by atoms with Crippen molar-refractivity contribution in [3.8, 4) is 101 Å². The van der Waals surface area contributed by atoms with Crippen molar-refractivity contribution >= 4 is 132 Å². The van der Waals surface area contributed by atoms with E-state index in [4.69, 9.17) is 18.3 Å². The lowest BCUT2D eigenvalue weighted by Crippen LogP contribution is -2.32. The fourth-order valence-electron chi connectivity index (χ4n) is 25.4. The molecule has 6 heterocycles. The van der Waals surface area contributed by atoms with Gasteiger partial charge in [0.2, 0.25) is 0 Å². The Hall–Kier alpha value is -18.5. The minimum atomic E-state index is -0.514. The monoisotopic (exact) mass is 1930 g/mol. The third-order valence-corrected chi connectivity index (χ3v) is 33.7. The highest BCUT2D eigenvalue weighted by atomic mass is 32.2. The van der Waals surface area contributed by atoms with Crippen LogP contribution in [0, 0.1) is 0 Å². The van der Waals surface area contributed by atoms with Gasteiger partial charge in [0, 0.05) is 102 Å². The van der Waals surface area contributed by atoms with Gasteiger partial charge in [-0.3, -0.25) is 0 Å². The van der Waals surface area contributed by atoms with Gasteiger partial charge in [-0.15, -0.1) is 11.3 Å². The van der Waals surface area contributed by atoms with Crippen molar-refractivity contribution < 1.29 is 18.3 Å². The second-order valence-electron chi connectivity index (χ2n) is 39.1. The van der Waals surface area contributed by atoms with Crippen molar-refractivity contribution in [3.63, 3.8) is 0 Å². The van der Waals surface area contributed by atoms with Crippen LogP contribution in [0.5, 0.6) is 23.0 Å². The van der Waals surface area contributed by atoms with E-state index in [2.05, 4.69) is 489 Å². The summed E-state index contributed by atoms with van der Waals surface area (Å²) in [5.41, 5.74) is 40.8. The fourth-order valence-corrected chi connectivity index (χ4v) is 27.7. The fraction of sp³-hybridized carbons (Fsp3) is 0.0216. The maximum Gasteiger partial charge on any atom is 0.137 e. The zero-order chi connectivity index (χ0) is 97.3. The predicted octanol–water partition coefficient (Wildman–Crippen LogP) is 38.0. The first-order valence-corrected chi connectivity index (χ1v) is 52.2. The second kappa shape index (κ2) is 33.8. The molecule has 3 aromatic heterocycles. The van der Waals surface area contributed by atoms with E-state index in [0.29, 0.717) is 0 Å². The Morgan fingerprint density at radius 2 is 0.628 bits per heavy atom. The molecule has 0 saturated carbocycles. The van der Waals surface area contributed by atoms with Crippen LogP contribution >= 0.6 is 23.1 Å². The standard InChI is InChI=1S/C49H31NO2.C47H29NS2.C43H27NO2/c1-2-13-31(14-3-1)39-29-32(25-27-34(39)37-18-12-24-47-48(37)38-17-6-10-22-44(38)51-47)50-33-26-28-46-43(30-33)49(42-21-9-11-23-45(42)52-46)40-19-7-4-15-35(40)36-16-5-8-20-41(36)49;1-2-13-31-29(12-1)24-26-40(48-39-20-11-23-44-46(39)34-16-5-9-21-41(34)49-44)45(31)30-25-27-43-38(28-30)47(37-19-8-10-22-42(37)50-43)35-17-6-3-14-32(35)33-15-4-7-18-36(33)47;1-4-13-33-30(10-1)31-11-2-5-14-34(31)43(33)35-15-6-8-18-39(35)46-41-26-28(22-25-36(41)43)27-20-23-29(24-21-27)44-37-16-9-19-40-42(37)32-12-3-7-17-38(32)45-40/h1-30,50H;1-28,48H;1-26,44H. The molecule has 0 atom stereocenters. The Bertz CT molecular complexity index is 9860. The van der Waals surface area contributed by atoms with Gasteiger partial charge in [0.15, 0.2) is 0 Å². The minimum Gasteiger partial charge on any atom is -0.457 e. The van der Waals surface area contributed by atoms with Crippen molar-refractivity contribution in [2.24, 2.45) is 0 Å². The molecule has 0 unspecified atom stereocenters. The van der Waals surface area contributed by atoms with Gasteiger partial charge in [0.1, 0.15) is 45.3 Å². The summed E-state index contributed by atoms with van der Waals surface area (Å²) in [6.07, 6.45) is 0. The smallest absolute Gasteiger partial charge is 0.137 e. The van der Waals surface area contributed by atoms with Crippen molar-refractivity contribution in [1.82, 2.24) is 0 Å². The Balaban J connectivity index is 0.000000103. The maximum absolute atomic E-state index is 6.71. The number of hydrogen-bond donors (Lipinski definition) is 3. The van der Waals surface area contributed by atoms with E-state index in [9.17, 15) is 0 Å². The van der Waals surface area contributed by atoms with E-state index in [-0.39, 0.29) is 0 Å². The first-order valence-electron chi connectivity index (χ1n) is 50.5. The molecule has 9 heteroatoms. The molecule has 0 bridgehead atoms. The number of para-hydroxylation sites is 4. The van der Waals surface area contributed by atoms with Gasteiger partial charge < -0.3 is 34.3 Å². The van der Waals surface area contributed by atoms with Gasteiger partial charge >= 0.3 is 0 Å². The van der Waals surface area contributed by atoms with Crippen molar-refractivity contribution in [3.05, 3.63) is 576 Å². The topological polar surface area (TPSA) is 80.8 Å². The Morgan fingerprint density at radius 1 is 0.189 bits per heavy atom. The average molecular weight is 1930 g/mol. The molecule has 694 valence electrons. The van der Waals surface area contributed by atoms with Gasteiger partial charge in [-0.05, 0) is 261 Å². The lowest BCUT2D eigenvalue weighted by atomic mass is 9.66. The van der Waals surface area contributed by atoms with Gasteiger partial charge in [0.05, 0.1) is 27.3 Å². The lowest BCUT2D eigenvalue weighted by Gasteiger charge is -2.40. The zero-order valence-corrected chi connectivity index (χ0v) is 81.6. The number of anilines is 6. The molecule has 3 spiro atoms. The van der Waals surface area contributed by atoms with Gasteiger partial charge in [-0.25, -0.2) is 0 Å². The highest BCUT2D eigenvalue weighted by Gasteiger charge is 2.54. The summed E-state index contributed by atoms with van der Waals surface area (Å²) in [6.45, 7) is 0. The summed E-state index contributed by atoms with van der Waals surface area (Å²) in [7, 11) is 0. The molecular weight excluding hydrogens is 1840 g/mol. The molecule has 26 aromatic rings. The summed E-state index contributed by atoms with van der Waals surface area (Å²) in [5, 5.41) is 20.9. The van der Waals surface area contributed by atoms with Crippen LogP contribution in [-0.2, 0) is 16.2 Å². The SMILES string of the molecule is c1ccc(-c2cc(Nc3ccc4c(c3)C3(c5ccccc5O4)c4ccccc4-c4ccccc43)ccc2-c2cccc3oc4ccccc4c23)cc1.c1ccc2c(c1)Oc1cc(-c3ccc(Nc4cccc5oc6ccccc6c45)cc3)ccc1C21c2ccccc2-c2ccccc21.c1ccc2c(c1)Sc1ccc(-c3c(Nc4cccc5sc6ccccc6c45)ccc4ccccc34)cc1C21c2ccccc2-c2ccccc21. The number of benzene rings is 23. The molecule has 7 nitrogen and oxygen atoms in total. The number of thiophene rings is 1. The molecule has 0 fully saturated rings. The third kappa shape index (κ3) is 12.9. The predicted molar refractivity (Wildman–Crippen MR) is 611 cm³/mol. The van der Waals surface area contributed by atoms with Crippen LogP contribution in [0.2, 0.25) is 0 Å². The molecule has 3 aliphatic carbocycles. The van der Waals surface area contributed by atoms with E-state index in [1.807, 2.05) is 59.5 Å². The summed E-state index contributed by atoms with van der Waals surface area (Å²) in [6, 6.07) is 184. The Labute approximate surface area is 863 Å². The molecule has 3 N–H and O–H groups in total. The molecular formula is C139H87N3O4S2. The van der Waals surface area contributed by atoms with Crippen LogP contribution in [0.1, 0.15) is 66.8 Å². The Kier molecular flexibility index (Phi) is 19.4. The molecule has 6 aliphatic rings. The summed E-state index contributed by atoms with van der Waals surface area (Å²) in [4.78, 5) is 2.63. The van der Waals surface area contributed by atoms with Crippen LogP contribution in [0.3, 0.4) is 0 Å². The molecule has 3 aliphatic heterocycles. The molecule has 148 heavy (non-hydrogen) atoms. The second-order valence-corrected chi connectivity index (χ2v) is 41.2.